The molecule has 0 aromatic heterocycles. The highest BCUT2D eigenvalue weighted by Crippen LogP contribution is 2.21. The van der Waals surface area contributed by atoms with Crippen molar-refractivity contribution in [3.8, 4) is 5.75 Å². The summed E-state index contributed by atoms with van der Waals surface area (Å²) in [6, 6.07) is 22.8. The van der Waals surface area contributed by atoms with E-state index in [0.29, 0.717) is 26.2 Å². The maximum atomic E-state index is 13.5. The molecule has 4 rings (SSSR count). The molecule has 3 aromatic rings. The summed E-state index contributed by atoms with van der Waals surface area (Å²) in [6.45, 7) is 2.34. The number of piperazine rings is 1. The van der Waals surface area contributed by atoms with Gasteiger partial charge in [-0.2, -0.15) is 4.72 Å². The molecular formula is C26H28BrN3O4S. The molecule has 1 fully saturated rings. The number of hydrogen-bond donors (Lipinski definition) is 1. The SMILES string of the molecule is COc1ccc(N2CCN(C(=O)[C@@H](Cc3ccccc3)NS(=O)(=O)c3ccc(Br)cc3)CC2)cc1. The zero-order chi connectivity index (χ0) is 24.8. The lowest BCUT2D eigenvalue weighted by Gasteiger charge is -2.37. The average Bonchev–Trinajstić information content (AvgIpc) is 2.89. The number of anilines is 1. The molecule has 0 saturated carbocycles. The van der Waals surface area contributed by atoms with Crippen molar-refractivity contribution in [3.05, 3.63) is 88.9 Å². The number of halogens is 1. The molecule has 7 nitrogen and oxygen atoms in total. The van der Waals surface area contributed by atoms with Crippen molar-refractivity contribution < 1.29 is 17.9 Å². The first kappa shape index (κ1) is 25.2. The van der Waals surface area contributed by atoms with Gasteiger partial charge >= 0.3 is 0 Å². The van der Waals surface area contributed by atoms with Crippen LogP contribution in [0.15, 0.2) is 88.2 Å². The molecule has 1 aliphatic rings. The van der Waals surface area contributed by atoms with E-state index < -0.39 is 16.1 Å². The predicted molar refractivity (Wildman–Crippen MR) is 140 cm³/mol. The Hall–Kier alpha value is -2.88. The third-order valence-corrected chi connectivity index (χ3v) is 8.05. The summed E-state index contributed by atoms with van der Waals surface area (Å²) in [7, 11) is -2.25. The summed E-state index contributed by atoms with van der Waals surface area (Å²) in [5.41, 5.74) is 1.95. The third-order valence-electron chi connectivity index (χ3n) is 6.03. The number of carbonyl (C=O) groups excluding carboxylic acids is 1. The van der Waals surface area contributed by atoms with E-state index in [1.807, 2.05) is 54.6 Å². The van der Waals surface area contributed by atoms with Gasteiger partial charge in [-0.1, -0.05) is 46.3 Å². The van der Waals surface area contributed by atoms with Crippen molar-refractivity contribution in [1.82, 2.24) is 9.62 Å². The quantitative estimate of drug-likeness (QED) is 0.457. The van der Waals surface area contributed by atoms with Crippen LogP contribution in [0.3, 0.4) is 0 Å². The number of nitrogens with one attached hydrogen (secondary N) is 1. The number of sulfonamides is 1. The lowest BCUT2D eigenvalue weighted by molar-refractivity contribution is -0.133. The van der Waals surface area contributed by atoms with Crippen LogP contribution in [-0.4, -0.2) is 58.6 Å². The van der Waals surface area contributed by atoms with Crippen LogP contribution in [0.2, 0.25) is 0 Å². The Morgan fingerprint density at radius 3 is 2.17 bits per heavy atom. The largest absolute Gasteiger partial charge is 0.497 e. The summed E-state index contributed by atoms with van der Waals surface area (Å²) in [4.78, 5) is 17.6. The number of methoxy groups -OCH3 is 1. The maximum Gasteiger partial charge on any atom is 0.241 e. The van der Waals surface area contributed by atoms with Gasteiger partial charge < -0.3 is 14.5 Å². The van der Waals surface area contributed by atoms with Gasteiger partial charge in [0.1, 0.15) is 11.8 Å². The Balaban J connectivity index is 1.48. The van der Waals surface area contributed by atoms with Gasteiger partial charge in [0.05, 0.1) is 12.0 Å². The first-order valence-electron chi connectivity index (χ1n) is 11.4. The van der Waals surface area contributed by atoms with E-state index in [1.54, 1.807) is 24.1 Å². The molecule has 0 bridgehead atoms. The minimum Gasteiger partial charge on any atom is -0.497 e. The Morgan fingerprint density at radius 1 is 0.943 bits per heavy atom. The van der Waals surface area contributed by atoms with Gasteiger partial charge in [0.2, 0.25) is 15.9 Å². The Kier molecular flexibility index (Phi) is 8.10. The average molecular weight is 558 g/mol. The first-order valence-corrected chi connectivity index (χ1v) is 13.6. The summed E-state index contributed by atoms with van der Waals surface area (Å²) in [5.74, 6) is 0.577. The highest BCUT2D eigenvalue weighted by molar-refractivity contribution is 9.10. The smallest absolute Gasteiger partial charge is 0.241 e. The van der Waals surface area contributed by atoms with Crippen LogP contribution in [-0.2, 0) is 21.2 Å². The molecule has 0 radical (unpaired) electrons. The lowest BCUT2D eigenvalue weighted by Crippen LogP contribution is -2.55. The molecule has 1 N–H and O–H groups in total. The van der Waals surface area contributed by atoms with Crippen LogP contribution < -0.4 is 14.4 Å². The summed E-state index contributed by atoms with van der Waals surface area (Å²) >= 11 is 3.33. The fourth-order valence-corrected chi connectivity index (χ4v) is 5.55. The van der Waals surface area contributed by atoms with Gasteiger partial charge in [-0.25, -0.2) is 8.42 Å². The van der Waals surface area contributed by atoms with Crippen LogP contribution in [0.25, 0.3) is 0 Å². The molecule has 0 aliphatic carbocycles. The van der Waals surface area contributed by atoms with Gasteiger partial charge in [-0.05, 0) is 60.5 Å². The fourth-order valence-electron chi connectivity index (χ4n) is 4.10. The second-order valence-electron chi connectivity index (χ2n) is 8.33. The Bertz CT molecular complexity index is 1230. The molecule has 1 heterocycles. The van der Waals surface area contributed by atoms with Crippen molar-refractivity contribution in [1.29, 1.82) is 0 Å². The number of ether oxygens (including phenoxy) is 1. The number of benzene rings is 3. The van der Waals surface area contributed by atoms with Crippen molar-refractivity contribution in [2.24, 2.45) is 0 Å². The van der Waals surface area contributed by atoms with Gasteiger partial charge in [0.25, 0.3) is 0 Å². The third kappa shape index (κ3) is 6.42. The van der Waals surface area contributed by atoms with Crippen molar-refractivity contribution in [2.45, 2.75) is 17.4 Å². The topological polar surface area (TPSA) is 79.0 Å². The maximum absolute atomic E-state index is 13.5. The Morgan fingerprint density at radius 2 is 1.57 bits per heavy atom. The highest BCUT2D eigenvalue weighted by atomic mass is 79.9. The summed E-state index contributed by atoms with van der Waals surface area (Å²) in [6.07, 6.45) is 0.272. The van der Waals surface area contributed by atoms with Crippen LogP contribution >= 0.6 is 15.9 Å². The van der Waals surface area contributed by atoms with E-state index in [0.717, 1.165) is 21.5 Å². The molecule has 1 aliphatic heterocycles. The normalized spacial score (nSPS) is 15.0. The van der Waals surface area contributed by atoms with E-state index in [9.17, 15) is 13.2 Å². The van der Waals surface area contributed by atoms with Crippen LogP contribution in [0.4, 0.5) is 5.69 Å². The molecule has 35 heavy (non-hydrogen) atoms. The molecule has 1 saturated heterocycles. The van der Waals surface area contributed by atoms with Crippen molar-refractivity contribution >= 4 is 37.5 Å². The second kappa shape index (κ2) is 11.2. The van der Waals surface area contributed by atoms with E-state index >= 15 is 0 Å². The Labute approximate surface area is 214 Å². The second-order valence-corrected chi connectivity index (χ2v) is 11.0. The molecule has 3 aromatic carbocycles. The zero-order valence-electron chi connectivity index (χ0n) is 19.4. The molecule has 184 valence electrons. The van der Waals surface area contributed by atoms with Gasteiger partial charge in [-0.3, -0.25) is 4.79 Å². The van der Waals surface area contributed by atoms with Gasteiger partial charge in [0.15, 0.2) is 0 Å². The molecular weight excluding hydrogens is 530 g/mol. The number of carbonyl (C=O) groups is 1. The molecule has 1 amide bonds. The van der Waals surface area contributed by atoms with Gasteiger partial charge in [0, 0.05) is 36.3 Å². The van der Waals surface area contributed by atoms with Crippen LogP contribution in [0.1, 0.15) is 5.56 Å². The highest BCUT2D eigenvalue weighted by Gasteiger charge is 2.31. The standard InChI is InChI=1S/C26H28BrN3O4S/c1-34-23-11-9-22(10-12-23)29-15-17-30(18-16-29)26(31)25(19-20-5-3-2-4-6-20)28-35(32,33)24-13-7-21(27)8-14-24/h2-14,25,28H,15-19H2,1H3/t25-/m1/s1. The van der Waals surface area contributed by atoms with Crippen molar-refractivity contribution in [3.63, 3.8) is 0 Å². The molecule has 0 spiro atoms. The van der Waals surface area contributed by atoms with E-state index in [2.05, 4.69) is 25.6 Å². The zero-order valence-corrected chi connectivity index (χ0v) is 21.8. The number of hydrogen-bond acceptors (Lipinski definition) is 5. The monoisotopic (exact) mass is 557 g/mol. The minimum absolute atomic E-state index is 0.121. The van der Waals surface area contributed by atoms with E-state index in [-0.39, 0.29) is 17.2 Å². The summed E-state index contributed by atoms with van der Waals surface area (Å²) in [5, 5.41) is 0. The first-order chi connectivity index (χ1) is 16.9. The van der Waals surface area contributed by atoms with E-state index in [4.69, 9.17) is 4.74 Å². The number of amides is 1. The number of nitrogens with zero attached hydrogens (tertiary/aromatic N) is 2. The lowest BCUT2D eigenvalue weighted by atomic mass is 10.1. The summed E-state index contributed by atoms with van der Waals surface area (Å²) < 4.78 is 34.9. The molecule has 9 heteroatoms. The minimum atomic E-state index is -3.88. The van der Waals surface area contributed by atoms with Crippen LogP contribution in [0.5, 0.6) is 5.75 Å². The van der Waals surface area contributed by atoms with Crippen molar-refractivity contribution in [2.75, 3.05) is 38.2 Å². The predicted octanol–water partition coefficient (Wildman–Crippen LogP) is 3.70. The molecule has 0 unspecified atom stereocenters. The van der Waals surface area contributed by atoms with E-state index in [1.165, 1.54) is 12.1 Å². The molecule has 1 atom stereocenters. The van der Waals surface area contributed by atoms with Crippen LogP contribution in [0, 0.1) is 0 Å². The fraction of sp³-hybridized carbons (Fsp3) is 0.269. The van der Waals surface area contributed by atoms with Gasteiger partial charge in [-0.15, -0.1) is 0 Å². The number of rotatable bonds is 8.